The first-order chi connectivity index (χ1) is 18.1. The average Bonchev–Trinajstić information content (AvgIpc) is 3.73. The first kappa shape index (κ1) is 22.5. The minimum Gasteiger partial charge on any atom is -0.486 e. The Kier molecular flexibility index (Phi) is 5.85. The zero-order valence-electron chi connectivity index (χ0n) is 19.9. The molecule has 0 bridgehead atoms. The van der Waals surface area contributed by atoms with Gasteiger partial charge in [0.2, 0.25) is 11.7 Å². The van der Waals surface area contributed by atoms with Gasteiger partial charge in [-0.1, -0.05) is 0 Å². The van der Waals surface area contributed by atoms with Gasteiger partial charge >= 0.3 is 0 Å². The summed E-state index contributed by atoms with van der Waals surface area (Å²) in [5.41, 5.74) is 3.44. The topological polar surface area (TPSA) is 136 Å². The van der Waals surface area contributed by atoms with Crippen molar-refractivity contribution < 1.29 is 22.8 Å². The molecule has 1 amide bonds. The second-order valence-corrected chi connectivity index (χ2v) is 8.50. The Hall–Kier alpha value is -4.93. The molecular formula is C26H22N6O5. The molecule has 1 aliphatic heterocycles. The van der Waals surface area contributed by atoms with Crippen LogP contribution in [0, 0.1) is 6.92 Å². The van der Waals surface area contributed by atoms with Crippen molar-refractivity contribution in [3.8, 4) is 28.8 Å². The fraction of sp³-hybridized carbons (Fsp3) is 0.192. The van der Waals surface area contributed by atoms with Crippen LogP contribution >= 0.6 is 0 Å². The van der Waals surface area contributed by atoms with Gasteiger partial charge in [-0.2, -0.15) is 5.21 Å². The molecule has 0 unspecified atom stereocenters. The van der Waals surface area contributed by atoms with Gasteiger partial charge in [0.1, 0.15) is 29.6 Å². The number of nitrogens with zero attached hydrogens (tertiary/aromatic N) is 5. The van der Waals surface area contributed by atoms with Crippen LogP contribution in [0.2, 0.25) is 0 Å². The molecule has 5 heterocycles. The zero-order valence-corrected chi connectivity index (χ0v) is 19.9. The number of carbonyl (C=O) groups excluding carboxylic acids is 1. The number of nitrogens with one attached hydrogen (secondary N) is 1. The van der Waals surface area contributed by atoms with E-state index >= 15 is 0 Å². The van der Waals surface area contributed by atoms with E-state index in [1.807, 2.05) is 19.1 Å². The highest BCUT2D eigenvalue weighted by Gasteiger charge is 2.24. The zero-order chi connectivity index (χ0) is 25.2. The third kappa shape index (κ3) is 4.66. The number of aromatic nitrogens is 5. The number of fused-ring (bicyclic) bond motifs is 1. The smallest absolute Gasteiger partial charge is 0.263 e. The first-order valence-electron chi connectivity index (χ1n) is 11.7. The van der Waals surface area contributed by atoms with Crippen molar-refractivity contribution in [2.45, 2.75) is 26.5 Å². The van der Waals surface area contributed by atoms with Crippen molar-refractivity contribution in [3.63, 3.8) is 0 Å². The van der Waals surface area contributed by atoms with E-state index in [0.29, 0.717) is 65.5 Å². The lowest BCUT2D eigenvalue weighted by Gasteiger charge is -2.29. The number of rotatable bonds is 7. The van der Waals surface area contributed by atoms with Gasteiger partial charge in [-0.05, 0) is 72.2 Å². The summed E-state index contributed by atoms with van der Waals surface area (Å²) < 4.78 is 22.6. The van der Waals surface area contributed by atoms with Gasteiger partial charge < -0.3 is 22.9 Å². The average molecular weight is 498 g/mol. The number of H-pyrrole nitrogens is 1. The quantitative estimate of drug-likeness (QED) is 0.327. The molecule has 0 saturated heterocycles. The van der Waals surface area contributed by atoms with E-state index in [1.54, 1.807) is 47.8 Å². The van der Waals surface area contributed by atoms with Gasteiger partial charge in [0, 0.05) is 19.2 Å². The van der Waals surface area contributed by atoms with Crippen LogP contribution in [0.3, 0.4) is 0 Å². The van der Waals surface area contributed by atoms with Crippen LogP contribution in [0.1, 0.15) is 28.3 Å². The molecule has 11 heteroatoms. The molecule has 0 aliphatic carbocycles. The van der Waals surface area contributed by atoms with Crippen molar-refractivity contribution in [1.82, 2.24) is 30.5 Å². The van der Waals surface area contributed by atoms with Crippen molar-refractivity contribution in [3.05, 3.63) is 83.3 Å². The fourth-order valence-corrected chi connectivity index (χ4v) is 4.20. The molecule has 1 aliphatic rings. The van der Waals surface area contributed by atoms with Gasteiger partial charge in [0.15, 0.2) is 5.76 Å². The Labute approximate surface area is 210 Å². The Balaban J connectivity index is 1.25. The maximum absolute atomic E-state index is 12.8. The first-order valence-corrected chi connectivity index (χ1v) is 11.7. The van der Waals surface area contributed by atoms with Crippen molar-refractivity contribution >= 4 is 12.0 Å². The predicted octanol–water partition coefficient (Wildman–Crippen LogP) is 4.19. The number of ether oxygens (including phenoxy) is 1. The maximum Gasteiger partial charge on any atom is 0.263 e. The van der Waals surface area contributed by atoms with Crippen LogP contribution in [0.15, 0.2) is 68.3 Å². The van der Waals surface area contributed by atoms with E-state index in [9.17, 15) is 4.79 Å². The summed E-state index contributed by atoms with van der Waals surface area (Å²) in [6.07, 6.45) is 7.02. The fourth-order valence-electron chi connectivity index (χ4n) is 4.20. The lowest BCUT2D eigenvalue weighted by molar-refractivity contribution is -0.126. The number of furan rings is 2. The Morgan fingerprint density at radius 1 is 1.19 bits per heavy atom. The van der Waals surface area contributed by atoms with E-state index < -0.39 is 0 Å². The molecule has 186 valence electrons. The lowest BCUT2D eigenvalue weighted by atomic mass is 9.96. The molecule has 0 atom stereocenters. The maximum atomic E-state index is 12.8. The Morgan fingerprint density at radius 2 is 2.08 bits per heavy atom. The van der Waals surface area contributed by atoms with Crippen LogP contribution in [0.25, 0.3) is 29.1 Å². The molecule has 37 heavy (non-hydrogen) atoms. The highest BCUT2D eigenvalue weighted by atomic mass is 16.5. The monoisotopic (exact) mass is 498 g/mol. The van der Waals surface area contributed by atoms with Crippen molar-refractivity contribution in [1.29, 1.82) is 0 Å². The van der Waals surface area contributed by atoms with Crippen LogP contribution in [-0.2, 0) is 24.4 Å². The standard InChI is InChI=1S/C26H22N6O5/c1-16-21(27-26(37-16)22-5-3-11-35-22)15-36-23-13-18-14-32(24(33)7-6-19-4-2-10-34-19)9-8-17(18)12-20(23)25-28-30-31-29-25/h2-7,10-13H,8-9,14-15H2,1H3,(H,28,29,30,31)/b7-6+. The largest absolute Gasteiger partial charge is 0.486 e. The number of tetrazole rings is 1. The number of benzene rings is 1. The van der Waals surface area contributed by atoms with Crippen LogP contribution in [-0.4, -0.2) is 43.0 Å². The molecule has 5 aromatic rings. The number of aromatic amines is 1. The summed E-state index contributed by atoms with van der Waals surface area (Å²) in [4.78, 5) is 19.1. The van der Waals surface area contributed by atoms with E-state index in [1.165, 1.54) is 6.08 Å². The molecule has 0 spiro atoms. The lowest BCUT2D eigenvalue weighted by Crippen LogP contribution is -2.34. The minimum absolute atomic E-state index is 0.0876. The summed E-state index contributed by atoms with van der Waals surface area (Å²) in [7, 11) is 0. The summed E-state index contributed by atoms with van der Waals surface area (Å²) in [6.45, 7) is 3.03. The van der Waals surface area contributed by atoms with Gasteiger partial charge in [-0.15, -0.1) is 10.2 Å². The second kappa shape index (κ2) is 9.61. The van der Waals surface area contributed by atoms with Gasteiger partial charge in [-0.3, -0.25) is 4.79 Å². The van der Waals surface area contributed by atoms with Crippen LogP contribution in [0.4, 0.5) is 0 Å². The molecule has 0 saturated carbocycles. The van der Waals surface area contributed by atoms with E-state index in [4.69, 9.17) is 18.0 Å². The molecule has 4 aromatic heterocycles. The van der Waals surface area contributed by atoms with Gasteiger partial charge in [0.25, 0.3) is 5.89 Å². The highest BCUT2D eigenvalue weighted by molar-refractivity contribution is 5.91. The van der Waals surface area contributed by atoms with Gasteiger partial charge in [0.05, 0.1) is 18.1 Å². The Bertz CT molecular complexity index is 1530. The SMILES string of the molecule is Cc1oc(-c2ccco2)nc1COc1cc2c(cc1-c1nn[nH]n1)CCN(C(=O)/C=C/c1ccco1)C2. The Morgan fingerprint density at radius 3 is 2.86 bits per heavy atom. The third-order valence-corrected chi connectivity index (χ3v) is 6.13. The van der Waals surface area contributed by atoms with E-state index in [0.717, 1.165) is 11.1 Å². The summed E-state index contributed by atoms with van der Waals surface area (Å²) >= 11 is 0. The summed E-state index contributed by atoms with van der Waals surface area (Å²) in [5, 5.41) is 14.5. The predicted molar refractivity (Wildman–Crippen MR) is 130 cm³/mol. The third-order valence-electron chi connectivity index (χ3n) is 6.13. The summed E-state index contributed by atoms with van der Waals surface area (Å²) in [5.74, 6) is 3.09. The number of hydrogen-bond donors (Lipinski definition) is 1. The molecule has 0 radical (unpaired) electrons. The molecule has 0 fully saturated rings. The minimum atomic E-state index is -0.0876. The molecular weight excluding hydrogens is 476 g/mol. The number of aryl methyl sites for hydroxylation is 1. The van der Waals surface area contributed by atoms with Crippen molar-refractivity contribution in [2.75, 3.05) is 6.54 Å². The highest BCUT2D eigenvalue weighted by Crippen LogP contribution is 2.34. The molecule has 1 N–H and O–H groups in total. The number of amides is 1. The van der Waals surface area contributed by atoms with Crippen LogP contribution in [0.5, 0.6) is 5.75 Å². The van der Waals surface area contributed by atoms with E-state index in [2.05, 4.69) is 25.6 Å². The normalized spacial score (nSPS) is 13.3. The van der Waals surface area contributed by atoms with Crippen LogP contribution < -0.4 is 4.74 Å². The van der Waals surface area contributed by atoms with Crippen molar-refractivity contribution in [2.24, 2.45) is 0 Å². The number of hydrogen-bond acceptors (Lipinski definition) is 9. The number of oxazole rings is 1. The molecule has 11 nitrogen and oxygen atoms in total. The second-order valence-electron chi connectivity index (χ2n) is 8.50. The molecule has 6 rings (SSSR count). The van der Waals surface area contributed by atoms with Gasteiger partial charge in [-0.25, -0.2) is 4.98 Å². The van der Waals surface area contributed by atoms with E-state index in [-0.39, 0.29) is 12.5 Å². The summed E-state index contributed by atoms with van der Waals surface area (Å²) in [6, 6.07) is 11.1. The number of carbonyl (C=O) groups is 1. The molecule has 1 aromatic carbocycles.